The minimum atomic E-state index is -0.322. The highest BCUT2D eigenvalue weighted by Gasteiger charge is 2.14. The number of ether oxygens (including phenoxy) is 2. The van der Waals surface area contributed by atoms with E-state index < -0.39 is 0 Å². The zero-order valence-corrected chi connectivity index (χ0v) is 9.24. The largest absolute Gasteiger partial charge is 0.493 e. The number of hydrogen-bond acceptors (Lipinski definition) is 2. The average molecular weight is 249 g/mol. The van der Waals surface area contributed by atoms with E-state index in [1.54, 1.807) is 13.0 Å². The van der Waals surface area contributed by atoms with Gasteiger partial charge in [0, 0.05) is 11.6 Å². The summed E-state index contributed by atoms with van der Waals surface area (Å²) in [5.74, 6) is 0.633. The maximum Gasteiger partial charge on any atom is 0.166 e. The van der Waals surface area contributed by atoms with Crippen molar-refractivity contribution in [1.29, 1.82) is 0 Å². The van der Waals surface area contributed by atoms with E-state index in [1.165, 1.54) is 14.2 Å². The van der Waals surface area contributed by atoms with Gasteiger partial charge in [-0.15, -0.1) is 0 Å². The van der Waals surface area contributed by atoms with Gasteiger partial charge in [-0.05, 0) is 22.9 Å². The molecule has 1 aromatic carbocycles. The van der Waals surface area contributed by atoms with E-state index in [-0.39, 0.29) is 5.82 Å². The Morgan fingerprint density at radius 1 is 1.31 bits per heavy atom. The van der Waals surface area contributed by atoms with Crippen molar-refractivity contribution < 1.29 is 13.9 Å². The third-order valence-electron chi connectivity index (χ3n) is 1.79. The zero-order valence-electron chi connectivity index (χ0n) is 7.65. The van der Waals surface area contributed by atoms with E-state index >= 15 is 0 Å². The lowest BCUT2D eigenvalue weighted by Gasteiger charge is -2.11. The highest BCUT2D eigenvalue weighted by Crippen LogP contribution is 2.36. The molecule has 0 aliphatic rings. The van der Waals surface area contributed by atoms with Crippen molar-refractivity contribution in [3.05, 3.63) is 21.9 Å². The van der Waals surface area contributed by atoms with Crippen molar-refractivity contribution in [2.75, 3.05) is 14.2 Å². The number of rotatable bonds is 2. The Balaban J connectivity index is 3.39. The van der Waals surface area contributed by atoms with Crippen LogP contribution in [0.1, 0.15) is 5.56 Å². The molecule has 0 spiro atoms. The molecule has 1 rings (SSSR count). The Kier molecular flexibility index (Phi) is 3.14. The summed E-state index contributed by atoms with van der Waals surface area (Å²) in [6.07, 6.45) is 0. The van der Waals surface area contributed by atoms with Crippen LogP contribution >= 0.6 is 15.9 Å². The second kappa shape index (κ2) is 3.96. The van der Waals surface area contributed by atoms with Crippen LogP contribution in [0.4, 0.5) is 4.39 Å². The Morgan fingerprint density at radius 3 is 2.38 bits per heavy atom. The van der Waals surface area contributed by atoms with Gasteiger partial charge in [0.25, 0.3) is 0 Å². The summed E-state index contributed by atoms with van der Waals surface area (Å²) < 4.78 is 23.7. The second-order valence-corrected chi connectivity index (χ2v) is 3.39. The summed E-state index contributed by atoms with van der Waals surface area (Å²) in [5.41, 5.74) is 0.439. The second-order valence-electron chi connectivity index (χ2n) is 2.53. The molecule has 0 aromatic heterocycles. The molecule has 0 aliphatic heterocycles. The summed E-state index contributed by atoms with van der Waals surface area (Å²) in [6, 6.07) is 1.54. The molecule has 2 nitrogen and oxygen atoms in total. The van der Waals surface area contributed by atoms with Gasteiger partial charge in [-0.1, -0.05) is 0 Å². The Morgan fingerprint density at radius 2 is 1.92 bits per heavy atom. The van der Waals surface area contributed by atoms with Crippen LogP contribution in [0.2, 0.25) is 0 Å². The normalized spacial score (nSPS) is 9.92. The van der Waals surface area contributed by atoms with Gasteiger partial charge >= 0.3 is 0 Å². The van der Waals surface area contributed by atoms with Crippen LogP contribution in [0.25, 0.3) is 0 Å². The molecule has 0 fully saturated rings. The number of methoxy groups -OCH3 is 2. The molecule has 0 saturated heterocycles. The molecule has 0 saturated carbocycles. The van der Waals surface area contributed by atoms with Crippen LogP contribution in [-0.4, -0.2) is 14.2 Å². The summed E-state index contributed by atoms with van der Waals surface area (Å²) in [5, 5.41) is 0. The molecule has 1 aromatic rings. The van der Waals surface area contributed by atoms with Crippen molar-refractivity contribution in [3.63, 3.8) is 0 Å². The van der Waals surface area contributed by atoms with E-state index in [4.69, 9.17) is 9.47 Å². The fraction of sp³-hybridized carbons (Fsp3) is 0.333. The smallest absolute Gasteiger partial charge is 0.166 e. The minimum Gasteiger partial charge on any atom is -0.493 e. The molecule has 72 valence electrons. The van der Waals surface area contributed by atoms with Gasteiger partial charge in [-0.25, -0.2) is 4.39 Å². The third kappa shape index (κ3) is 1.77. The molecule has 4 heteroatoms. The topological polar surface area (TPSA) is 18.5 Å². The molecule has 0 radical (unpaired) electrons. The van der Waals surface area contributed by atoms with Crippen LogP contribution in [0.5, 0.6) is 11.5 Å². The molecule has 13 heavy (non-hydrogen) atoms. The lowest BCUT2D eigenvalue weighted by atomic mass is 10.2. The molecule has 0 aliphatic carbocycles. The molecular formula is C9H10BrFO2. The Hall–Kier alpha value is -0.770. The molecule has 0 bridgehead atoms. The van der Waals surface area contributed by atoms with Crippen LogP contribution in [-0.2, 0) is 0 Å². The summed E-state index contributed by atoms with van der Waals surface area (Å²) in [6.45, 7) is 1.64. The highest BCUT2D eigenvalue weighted by atomic mass is 79.9. The minimum absolute atomic E-state index is 0.322. The first kappa shape index (κ1) is 10.3. The van der Waals surface area contributed by atoms with Crippen molar-refractivity contribution in [1.82, 2.24) is 0 Å². The standard InChI is InChI=1S/C9H10BrFO2/c1-5-8(11)6(10)4-7(12-2)9(5)13-3/h4H,1-3H3. The van der Waals surface area contributed by atoms with Gasteiger partial charge in [0.2, 0.25) is 0 Å². The monoisotopic (exact) mass is 248 g/mol. The first-order valence-electron chi connectivity index (χ1n) is 3.68. The van der Waals surface area contributed by atoms with Gasteiger partial charge < -0.3 is 9.47 Å². The van der Waals surface area contributed by atoms with Gasteiger partial charge in [-0.3, -0.25) is 0 Å². The van der Waals surface area contributed by atoms with Crippen molar-refractivity contribution in [2.45, 2.75) is 6.92 Å². The number of halogens is 2. The van der Waals surface area contributed by atoms with Gasteiger partial charge in [-0.2, -0.15) is 0 Å². The number of benzene rings is 1. The molecule has 0 N–H and O–H groups in total. The summed E-state index contributed by atoms with van der Waals surface area (Å²) in [7, 11) is 3.00. The van der Waals surface area contributed by atoms with Crippen molar-refractivity contribution >= 4 is 15.9 Å². The molecule has 0 heterocycles. The average Bonchev–Trinajstić information content (AvgIpc) is 2.13. The molecule has 0 unspecified atom stereocenters. The van der Waals surface area contributed by atoms with E-state index in [2.05, 4.69) is 15.9 Å². The highest BCUT2D eigenvalue weighted by molar-refractivity contribution is 9.10. The van der Waals surface area contributed by atoms with E-state index in [1.807, 2.05) is 0 Å². The quantitative estimate of drug-likeness (QED) is 0.802. The van der Waals surface area contributed by atoms with Crippen LogP contribution in [0.15, 0.2) is 10.5 Å². The third-order valence-corrected chi connectivity index (χ3v) is 2.36. The molecule has 0 atom stereocenters. The van der Waals surface area contributed by atoms with E-state index in [0.29, 0.717) is 21.5 Å². The van der Waals surface area contributed by atoms with Crippen LogP contribution < -0.4 is 9.47 Å². The molecule has 0 amide bonds. The predicted octanol–water partition coefficient (Wildman–Crippen LogP) is 2.91. The fourth-order valence-electron chi connectivity index (χ4n) is 1.11. The Bertz CT molecular complexity index is 326. The predicted molar refractivity (Wildman–Crippen MR) is 51.9 cm³/mol. The van der Waals surface area contributed by atoms with Crippen LogP contribution in [0, 0.1) is 12.7 Å². The number of hydrogen-bond donors (Lipinski definition) is 0. The first-order valence-corrected chi connectivity index (χ1v) is 4.47. The Labute approximate surface area is 84.8 Å². The summed E-state index contributed by atoms with van der Waals surface area (Å²) >= 11 is 3.09. The van der Waals surface area contributed by atoms with E-state index in [0.717, 1.165) is 0 Å². The van der Waals surface area contributed by atoms with Gasteiger partial charge in [0.05, 0.1) is 18.7 Å². The maximum absolute atomic E-state index is 13.3. The lowest BCUT2D eigenvalue weighted by Crippen LogP contribution is -1.96. The zero-order chi connectivity index (χ0) is 10.0. The lowest BCUT2D eigenvalue weighted by molar-refractivity contribution is 0.349. The maximum atomic E-state index is 13.3. The van der Waals surface area contributed by atoms with Crippen molar-refractivity contribution in [3.8, 4) is 11.5 Å². The van der Waals surface area contributed by atoms with Crippen LogP contribution in [0.3, 0.4) is 0 Å². The summed E-state index contributed by atoms with van der Waals surface area (Å²) in [4.78, 5) is 0. The molecular weight excluding hydrogens is 239 g/mol. The van der Waals surface area contributed by atoms with Gasteiger partial charge in [0.15, 0.2) is 11.5 Å². The van der Waals surface area contributed by atoms with E-state index in [9.17, 15) is 4.39 Å². The van der Waals surface area contributed by atoms with Crippen molar-refractivity contribution in [2.24, 2.45) is 0 Å². The van der Waals surface area contributed by atoms with Gasteiger partial charge in [0.1, 0.15) is 5.82 Å². The first-order chi connectivity index (χ1) is 6.11. The SMILES string of the molecule is COc1cc(Br)c(F)c(C)c1OC. The fourth-order valence-corrected chi connectivity index (χ4v) is 1.62.